The number of piperidine rings is 1. The molecule has 1 aromatic heterocycles. The van der Waals surface area contributed by atoms with Gasteiger partial charge in [0.2, 0.25) is 5.91 Å². The van der Waals surface area contributed by atoms with Crippen molar-refractivity contribution < 1.29 is 13.6 Å². The number of amides is 1. The van der Waals surface area contributed by atoms with Gasteiger partial charge in [-0.25, -0.2) is 18.7 Å². The second-order valence-corrected chi connectivity index (χ2v) is 5.98. The molecule has 2 rings (SSSR count). The summed E-state index contributed by atoms with van der Waals surface area (Å²) in [5, 5.41) is 2.67. The molecule has 0 spiro atoms. The van der Waals surface area contributed by atoms with Crippen LogP contribution in [0.25, 0.3) is 0 Å². The highest BCUT2D eigenvalue weighted by Gasteiger charge is 2.31. The van der Waals surface area contributed by atoms with Crippen molar-refractivity contribution in [1.82, 2.24) is 15.3 Å². The maximum atomic E-state index is 13.1. The summed E-state index contributed by atoms with van der Waals surface area (Å²) >= 11 is 0. The van der Waals surface area contributed by atoms with E-state index in [1.807, 2.05) is 19.9 Å². The highest BCUT2D eigenvalue weighted by atomic mass is 19.3. The smallest absolute Gasteiger partial charge is 0.268 e. The summed E-state index contributed by atoms with van der Waals surface area (Å²) in [7, 11) is 0. The highest BCUT2D eigenvalue weighted by Crippen LogP contribution is 2.20. The number of hydrogen-bond donors (Lipinski definition) is 2. The number of halogens is 2. The molecule has 0 unspecified atom stereocenters. The quantitative estimate of drug-likeness (QED) is 0.848. The monoisotopic (exact) mass is 327 g/mol. The Bertz CT molecular complexity index is 539. The number of anilines is 1. The Labute approximate surface area is 134 Å². The Kier molecular flexibility index (Phi) is 5.46. The van der Waals surface area contributed by atoms with Gasteiger partial charge >= 0.3 is 0 Å². The van der Waals surface area contributed by atoms with Crippen molar-refractivity contribution in [1.29, 1.82) is 0 Å². The molecule has 1 aliphatic heterocycles. The van der Waals surface area contributed by atoms with Gasteiger partial charge in [0, 0.05) is 30.9 Å². The average Bonchev–Trinajstić information content (AvgIpc) is 2.46. The molecule has 0 aromatic carbocycles. The van der Waals surface area contributed by atoms with Gasteiger partial charge < -0.3 is 16.0 Å². The molecule has 8 heteroatoms. The van der Waals surface area contributed by atoms with Crippen LogP contribution in [-0.2, 0) is 4.79 Å². The number of carbonyl (C=O) groups excluding carboxylic acids is 1. The topological polar surface area (TPSA) is 84.1 Å². The molecule has 128 valence electrons. The zero-order valence-electron chi connectivity index (χ0n) is 13.5. The Morgan fingerprint density at radius 1 is 1.39 bits per heavy atom. The van der Waals surface area contributed by atoms with Gasteiger partial charge in [0.1, 0.15) is 11.6 Å². The Morgan fingerprint density at radius 3 is 2.61 bits per heavy atom. The van der Waals surface area contributed by atoms with Crippen molar-refractivity contribution in [3.05, 3.63) is 17.6 Å². The molecule has 1 amide bonds. The van der Waals surface area contributed by atoms with E-state index >= 15 is 0 Å². The van der Waals surface area contributed by atoms with E-state index in [9.17, 15) is 13.6 Å². The second-order valence-electron chi connectivity index (χ2n) is 5.98. The second kappa shape index (κ2) is 7.16. The highest BCUT2D eigenvalue weighted by molar-refractivity contribution is 5.77. The summed E-state index contributed by atoms with van der Waals surface area (Å²) in [6.07, 6.45) is 0.540. The normalized spacial score (nSPS) is 16.5. The molecule has 1 aliphatic rings. The van der Waals surface area contributed by atoms with Crippen LogP contribution < -0.4 is 16.0 Å². The van der Waals surface area contributed by atoms with Crippen molar-refractivity contribution in [2.75, 3.05) is 24.5 Å². The van der Waals surface area contributed by atoms with Crippen molar-refractivity contribution in [3.8, 4) is 0 Å². The van der Waals surface area contributed by atoms with Crippen molar-refractivity contribution in [3.63, 3.8) is 0 Å². The SMILES string of the molecule is Cc1cc(N2CCC(NC(=O)CC(F)(F)CN)CC2)nc(C)n1. The summed E-state index contributed by atoms with van der Waals surface area (Å²) < 4.78 is 26.2. The van der Waals surface area contributed by atoms with E-state index in [1.54, 1.807) is 0 Å². The lowest BCUT2D eigenvalue weighted by Crippen LogP contribution is -2.46. The summed E-state index contributed by atoms with van der Waals surface area (Å²) in [5.41, 5.74) is 5.86. The third-order valence-corrected chi connectivity index (χ3v) is 3.85. The summed E-state index contributed by atoms with van der Waals surface area (Å²) in [5.74, 6) is -2.19. The first-order valence-electron chi connectivity index (χ1n) is 7.73. The third-order valence-electron chi connectivity index (χ3n) is 3.85. The molecular formula is C15H23F2N5O. The fourth-order valence-electron chi connectivity index (χ4n) is 2.70. The molecule has 2 heterocycles. The zero-order valence-corrected chi connectivity index (χ0v) is 13.5. The first-order chi connectivity index (χ1) is 10.8. The molecule has 0 atom stereocenters. The van der Waals surface area contributed by atoms with Gasteiger partial charge in [0.25, 0.3) is 5.92 Å². The number of rotatable bonds is 5. The van der Waals surface area contributed by atoms with Crippen molar-refractivity contribution in [2.45, 2.75) is 45.1 Å². The number of aromatic nitrogens is 2. The van der Waals surface area contributed by atoms with Crippen molar-refractivity contribution in [2.24, 2.45) is 5.73 Å². The van der Waals surface area contributed by atoms with Gasteiger partial charge in [0.05, 0.1) is 13.0 Å². The van der Waals surface area contributed by atoms with Crippen LogP contribution in [0.2, 0.25) is 0 Å². The maximum absolute atomic E-state index is 13.1. The van der Waals surface area contributed by atoms with E-state index in [2.05, 4.69) is 20.2 Å². The first-order valence-corrected chi connectivity index (χ1v) is 7.73. The number of alkyl halides is 2. The van der Waals surface area contributed by atoms with Gasteiger partial charge in [0.15, 0.2) is 0 Å². The number of hydrogen-bond acceptors (Lipinski definition) is 5. The van der Waals surface area contributed by atoms with Crippen LogP contribution in [0.3, 0.4) is 0 Å². The number of nitrogens with two attached hydrogens (primary N) is 1. The standard InChI is InChI=1S/C15H23F2N5O/c1-10-7-13(20-11(2)19-10)22-5-3-12(4-6-22)21-14(23)8-15(16,17)9-18/h7,12H,3-6,8-9,18H2,1-2H3,(H,21,23). The molecule has 1 saturated heterocycles. The molecular weight excluding hydrogens is 304 g/mol. The van der Waals surface area contributed by atoms with E-state index in [1.165, 1.54) is 0 Å². The van der Waals surface area contributed by atoms with Crippen LogP contribution in [-0.4, -0.2) is 47.5 Å². The molecule has 0 aliphatic carbocycles. The Balaban J connectivity index is 1.85. The van der Waals surface area contributed by atoms with Gasteiger partial charge in [-0.05, 0) is 26.7 Å². The van der Waals surface area contributed by atoms with Crippen LogP contribution in [0.4, 0.5) is 14.6 Å². The minimum Gasteiger partial charge on any atom is -0.356 e. The molecule has 3 N–H and O–H groups in total. The van der Waals surface area contributed by atoms with E-state index in [0.717, 1.165) is 17.3 Å². The molecule has 0 bridgehead atoms. The van der Waals surface area contributed by atoms with Crippen LogP contribution in [0.15, 0.2) is 6.07 Å². The van der Waals surface area contributed by atoms with Gasteiger partial charge in [-0.3, -0.25) is 4.79 Å². The third kappa shape index (κ3) is 5.09. The fourth-order valence-corrected chi connectivity index (χ4v) is 2.70. The lowest BCUT2D eigenvalue weighted by Gasteiger charge is -2.33. The Hall–Kier alpha value is -1.83. The molecule has 0 saturated carbocycles. The van der Waals surface area contributed by atoms with E-state index in [4.69, 9.17) is 5.73 Å². The van der Waals surface area contributed by atoms with Gasteiger partial charge in [-0.2, -0.15) is 0 Å². The number of carbonyl (C=O) groups is 1. The predicted molar refractivity (Wildman–Crippen MR) is 83.5 cm³/mol. The summed E-state index contributed by atoms with van der Waals surface area (Å²) in [4.78, 5) is 22.4. The fraction of sp³-hybridized carbons (Fsp3) is 0.667. The summed E-state index contributed by atoms with van der Waals surface area (Å²) in [6, 6.07) is 1.84. The molecule has 0 radical (unpaired) electrons. The van der Waals surface area contributed by atoms with Gasteiger partial charge in [-0.1, -0.05) is 0 Å². The number of nitrogens with zero attached hydrogens (tertiary/aromatic N) is 3. The molecule has 1 aromatic rings. The van der Waals surface area contributed by atoms with Crippen LogP contribution in [0, 0.1) is 13.8 Å². The number of aryl methyl sites for hydroxylation is 2. The maximum Gasteiger partial charge on any atom is 0.268 e. The first kappa shape index (κ1) is 17.5. The van der Waals surface area contributed by atoms with Crippen LogP contribution in [0.1, 0.15) is 30.8 Å². The van der Waals surface area contributed by atoms with Crippen LogP contribution in [0.5, 0.6) is 0 Å². The lowest BCUT2D eigenvalue weighted by molar-refractivity contribution is -0.128. The lowest BCUT2D eigenvalue weighted by atomic mass is 10.0. The Morgan fingerprint density at radius 2 is 2.04 bits per heavy atom. The zero-order chi connectivity index (χ0) is 17.0. The minimum atomic E-state index is -3.14. The molecule has 23 heavy (non-hydrogen) atoms. The van der Waals surface area contributed by atoms with Gasteiger partial charge in [-0.15, -0.1) is 0 Å². The number of nitrogens with one attached hydrogen (secondary N) is 1. The average molecular weight is 327 g/mol. The van der Waals surface area contributed by atoms with Crippen LogP contribution >= 0.6 is 0 Å². The largest absolute Gasteiger partial charge is 0.356 e. The predicted octanol–water partition coefficient (Wildman–Crippen LogP) is 1.16. The van der Waals surface area contributed by atoms with E-state index < -0.39 is 24.8 Å². The van der Waals surface area contributed by atoms with E-state index in [-0.39, 0.29) is 6.04 Å². The summed E-state index contributed by atoms with van der Waals surface area (Å²) in [6.45, 7) is 4.39. The van der Waals surface area contributed by atoms with E-state index in [0.29, 0.717) is 25.9 Å². The van der Waals surface area contributed by atoms with Crippen molar-refractivity contribution >= 4 is 11.7 Å². The molecule has 6 nitrogen and oxygen atoms in total. The minimum absolute atomic E-state index is 0.0867. The molecule has 1 fully saturated rings.